The zero-order valence-corrected chi connectivity index (χ0v) is 16.4. The van der Waals surface area contributed by atoms with Crippen LogP contribution in [0.5, 0.6) is 0 Å². The molecule has 0 aliphatic carbocycles. The Labute approximate surface area is 167 Å². The van der Waals surface area contributed by atoms with E-state index in [1.807, 2.05) is 17.2 Å². The summed E-state index contributed by atoms with van der Waals surface area (Å²) in [7, 11) is 0. The lowest BCUT2D eigenvalue weighted by molar-refractivity contribution is -0.141. The summed E-state index contributed by atoms with van der Waals surface area (Å²) in [5.41, 5.74) is 0.798. The molecule has 7 nitrogen and oxygen atoms in total. The number of thioether (sulfide) groups is 1. The number of aliphatic carboxylic acids is 1. The van der Waals surface area contributed by atoms with Crippen LogP contribution in [0.3, 0.4) is 0 Å². The molecule has 0 spiro atoms. The Hall–Kier alpha value is -2.73. The van der Waals surface area contributed by atoms with Gasteiger partial charge in [-0.1, -0.05) is 0 Å². The first-order valence-electron chi connectivity index (χ1n) is 8.83. The van der Waals surface area contributed by atoms with Crippen molar-refractivity contribution in [3.63, 3.8) is 0 Å². The van der Waals surface area contributed by atoms with Crippen molar-refractivity contribution in [2.45, 2.75) is 12.5 Å². The van der Waals surface area contributed by atoms with E-state index in [2.05, 4.69) is 10.2 Å². The summed E-state index contributed by atoms with van der Waals surface area (Å²) in [4.78, 5) is 27.5. The van der Waals surface area contributed by atoms with Gasteiger partial charge in [-0.15, -0.1) is 0 Å². The Morgan fingerprint density at radius 3 is 2.50 bits per heavy atom. The molecular formula is C19H23FN4O3S. The maximum atomic E-state index is 13.0. The Bertz CT molecular complexity index is 755. The molecule has 1 aliphatic heterocycles. The van der Waals surface area contributed by atoms with Crippen LogP contribution in [0.15, 0.2) is 36.0 Å². The number of rotatable bonds is 8. The minimum atomic E-state index is -1.12. The smallest absolute Gasteiger partial charge is 0.326 e. The number of hydrogen-bond donors (Lipinski definition) is 2. The molecule has 0 bridgehead atoms. The largest absolute Gasteiger partial charge is 0.480 e. The number of carboxylic acid groups (broad SMARTS) is 1. The first-order valence-corrected chi connectivity index (χ1v) is 10.2. The maximum Gasteiger partial charge on any atom is 0.326 e. The topological polar surface area (TPSA) is 96.7 Å². The van der Waals surface area contributed by atoms with E-state index < -0.39 is 17.9 Å². The molecule has 1 unspecified atom stereocenters. The fourth-order valence-electron chi connectivity index (χ4n) is 2.81. The van der Waals surface area contributed by atoms with E-state index in [-0.39, 0.29) is 17.8 Å². The normalized spacial score (nSPS) is 15.7. The summed E-state index contributed by atoms with van der Waals surface area (Å²) in [6, 6.07) is 7.09. The molecule has 1 atom stereocenters. The lowest BCUT2D eigenvalue weighted by Gasteiger charge is -2.35. The SMILES string of the molecule is CSCCC(NC(=O)/C(C#N)=C\N1CCN(c2ccc(F)cc2)CC1)C(=O)O. The Kier molecular flexibility index (Phi) is 8.14. The number of carboxylic acids is 1. The van der Waals surface area contributed by atoms with Gasteiger partial charge in [0.05, 0.1) is 0 Å². The number of anilines is 1. The van der Waals surface area contributed by atoms with Crippen LogP contribution in [0.4, 0.5) is 10.1 Å². The number of piperazine rings is 1. The van der Waals surface area contributed by atoms with Gasteiger partial charge in [0, 0.05) is 38.1 Å². The van der Waals surface area contributed by atoms with Crippen molar-refractivity contribution in [2.24, 2.45) is 0 Å². The molecule has 1 saturated heterocycles. The molecule has 28 heavy (non-hydrogen) atoms. The second kappa shape index (κ2) is 10.6. The lowest BCUT2D eigenvalue weighted by atomic mass is 10.2. The van der Waals surface area contributed by atoms with Gasteiger partial charge in [-0.05, 0) is 42.7 Å². The molecule has 1 fully saturated rings. The highest BCUT2D eigenvalue weighted by Crippen LogP contribution is 2.17. The van der Waals surface area contributed by atoms with Gasteiger partial charge in [0.25, 0.3) is 5.91 Å². The molecule has 1 heterocycles. The highest BCUT2D eigenvalue weighted by atomic mass is 32.2. The summed E-state index contributed by atoms with van der Waals surface area (Å²) in [6.45, 7) is 2.50. The van der Waals surface area contributed by atoms with Crippen LogP contribution in [-0.4, -0.2) is 66.1 Å². The van der Waals surface area contributed by atoms with Crippen molar-refractivity contribution >= 4 is 29.3 Å². The fraction of sp³-hybridized carbons (Fsp3) is 0.421. The molecule has 9 heteroatoms. The number of nitriles is 1. The van der Waals surface area contributed by atoms with Gasteiger partial charge in [-0.2, -0.15) is 17.0 Å². The van der Waals surface area contributed by atoms with Crippen molar-refractivity contribution in [1.29, 1.82) is 5.26 Å². The van der Waals surface area contributed by atoms with Crippen molar-refractivity contribution in [3.8, 4) is 6.07 Å². The second-order valence-corrected chi connectivity index (χ2v) is 7.29. The van der Waals surface area contributed by atoms with Gasteiger partial charge in [-0.3, -0.25) is 4.79 Å². The molecule has 150 valence electrons. The molecule has 0 saturated carbocycles. The average molecular weight is 406 g/mol. The monoisotopic (exact) mass is 406 g/mol. The predicted molar refractivity (Wildman–Crippen MR) is 106 cm³/mol. The van der Waals surface area contributed by atoms with Gasteiger partial charge < -0.3 is 20.2 Å². The number of benzene rings is 1. The van der Waals surface area contributed by atoms with Crippen LogP contribution in [0.25, 0.3) is 0 Å². The summed E-state index contributed by atoms with van der Waals surface area (Å²) >= 11 is 1.49. The molecular weight excluding hydrogens is 383 g/mol. The Morgan fingerprint density at radius 2 is 1.96 bits per heavy atom. The predicted octanol–water partition coefficient (Wildman–Crippen LogP) is 1.68. The molecule has 2 rings (SSSR count). The quantitative estimate of drug-likeness (QED) is 0.501. The van der Waals surface area contributed by atoms with Gasteiger partial charge in [0.1, 0.15) is 23.5 Å². The van der Waals surface area contributed by atoms with E-state index >= 15 is 0 Å². The average Bonchev–Trinajstić information content (AvgIpc) is 2.70. The van der Waals surface area contributed by atoms with Gasteiger partial charge >= 0.3 is 5.97 Å². The fourth-order valence-corrected chi connectivity index (χ4v) is 3.28. The molecule has 0 radical (unpaired) electrons. The van der Waals surface area contributed by atoms with Crippen LogP contribution >= 0.6 is 11.8 Å². The van der Waals surface area contributed by atoms with Crippen molar-refractivity contribution in [1.82, 2.24) is 10.2 Å². The standard InChI is InChI=1S/C19H23FN4O3S/c1-28-11-6-17(19(26)27)22-18(25)14(12-21)13-23-7-9-24(10-8-23)16-4-2-15(20)3-5-16/h2-5,13,17H,6-11H2,1H3,(H,22,25)(H,26,27)/b14-13-. The summed E-state index contributed by atoms with van der Waals surface area (Å²) in [5, 5.41) is 20.9. The van der Waals surface area contributed by atoms with Crippen LogP contribution in [0.1, 0.15) is 6.42 Å². The summed E-state index contributed by atoms with van der Waals surface area (Å²) in [6.07, 6.45) is 3.62. The summed E-state index contributed by atoms with van der Waals surface area (Å²) < 4.78 is 13.0. The summed E-state index contributed by atoms with van der Waals surface area (Å²) in [5.74, 6) is -1.49. The third kappa shape index (κ3) is 6.16. The Morgan fingerprint density at radius 1 is 1.32 bits per heavy atom. The zero-order valence-electron chi connectivity index (χ0n) is 15.6. The number of carbonyl (C=O) groups is 2. The molecule has 1 aliphatic rings. The minimum absolute atomic E-state index is 0.120. The molecule has 1 aromatic rings. The number of nitrogens with zero attached hydrogens (tertiary/aromatic N) is 3. The zero-order chi connectivity index (χ0) is 20.5. The van der Waals surface area contributed by atoms with Crippen LogP contribution in [0.2, 0.25) is 0 Å². The van der Waals surface area contributed by atoms with Crippen molar-refractivity contribution < 1.29 is 19.1 Å². The first-order chi connectivity index (χ1) is 13.4. The van der Waals surface area contributed by atoms with E-state index in [1.165, 1.54) is 30.1 Å². The van der Waals surface area contributed by atoms with Crippen molar-refractivity contribution in [3.05, 3.63) is 41.9 Å². The van der Waals surface area contributed by atoms with E-state index in [0.29, 0.717) is 31.9 Å². The second-order valence-electron chi connectivity index (χ2n) is 6.30. The van der Waals surface area contributed by atoms with E-state index in [1.54, 1.807) is 12.1 Å². The number of halogens is 1. The number of amides is 1. The number of nitrogens with one attached hydrogen (secondary N) is 1. The van der Waals surface area contributed by atoms with E-state index in [9.17, 15) is 24.3 Å². The third-order valence-corrected chi connectivity index (χ3v) is 5.04. The lowest BCUT2D eigenvalue weighted by Crippen LogP contribution is -2.45. The van der Waals surface area contributed by atoms with E-state index in [4.69, 9.17) is 0 Å². The molecule has 1 aromatic carbocycles. The molecule has 0 aromatic heterocycles. The molecule has 2 N–H and O–H groups in total. The third-order valence-electron chi connectivity index (χ3n) is 4.40. The van der Waals surface area contributed by atoms with Gasteiger partial charge in [0.2, 0.25) is 0 Å². The highest BCUT2D eigenvalue weighted by Gasteiger charge is 2.23. The van der Waals surface area contributed by atoms with Gasteiger partial charge in [0.15, 0.2) is 0 Å². The van der Waals surface area contributed by atoms with Gasteiger partial charge in [-0.25, -0.2) is 9.18 Å². The Balaban J connectivity index is 1.95. The minimum Gasteiger partial charge on any atom is -0.480 e. The van der Waals surface area contributed by atoms with Crippen LogP contribution < -0.4 is 10.2 Å². The molecule has 1 amide bonds. The van der Waals surface area contributed by atoms with Crippen LogP contribution in [0, 0.1) is 17.1 Å². The van der Waals surface area contributed by atoms with Crippen molar-refractivity contribution in [2.75, 3.05) is 43.1 Å². The first kappa shape index (κ1) is 21.6. The highest BCUT2D eigenvalue weighted by molar-refractivity contribution is 7.98. The number of hydrogen-bond acceptors (Lipinski definition) is 6. The van der Waals surface area contributed by atoms with Crippen LogP contribution in [-0.2, 0) is 9.59 Å². The number of carbonyl (C=O) groups excluding carboxylic acids is 1. The maximum absolute atomic E-state index is 13.0. The van der Waals surface area contributed by atoms with E-state index in [0.717, 1.165) is 5.69 Å².